The third kappa shape index (κ3) is 3.41. The molecule has 1 aliphatic rings. The fourth-order valence-corrected chi connectivity index (χ4v) is 3.81. The lowest BCUT2D eigenvalue weighted by Gasteiger charge is -2.29. The number of halogens is 2. The molecule has 1 aliphatic carbocycles. The third-order valence-electron chi connectivity index (χ3n) is 5.28. The Morgan fingerprint density at radius 2 is 2.04 bits per heavy atom. The van der Waals surface area contributed by atoms with Crippen LogP contribution in [0.2, 0.25) is 0 Å². The topological polar surface area (TPSA) is 89.4 Å². The molecule has 1 aromatic carbocycles. The van der Waals surface area contributed by atoms with Crippen LogP contribution >= 0.6 is 0 Å². The van der Waals surface area contributed by atoms with Crippen LogP contribution in [0.5, 0.6) is 0 Å². The van der Waals surface area contributed by atoms with Crippen LogP contribution in [-0.2, 0) is 0 Å². The molecule has 2 aromatic heterocycles. The van der Waals surface area contributed by atoms with Crippen molar-refractivity contribution in [1.82, 2.24) is 20.3 Å². The first-order chi connectivity index (χ1) is 13.6. The quantitative estimate of drug-likeness (QED) is 0.640. The lowest BCUT2D eigenvalue weighted by Crippen LogP contribution is -2.37. The number of hydrogen-bond donors (Lipinski definition) is 3. The first-order valence-electron chi connectivity index (χ1n) is 9.26. The van der Waals surface area contributed by atoms with Crippen molar-refractivity contribution in [2.24, 2.45) is 0 Å². The van der Waals surface area contributed by atoms with E-state index in [1.165, 1.54) is 6.07 Å². The van der Waals surface area contributed by atoms with Crippen molar-refractivity contribution in [3.05, 3.63) is 41.7 Å². The van der Waals surface area contributed by atoms with Gasteiger partial charge in [-0.1, -0.05) is 0 Å². The molecule has 0 saturated heterocycles. The normalized spacial score (nSPS) is 19.5. The molecule has 1 fully saturated rings. The SMILES string of the molecule is CNC1CCCC(Nc2nc(-c3c[nH]c4c(F)cc(C#N)cc34)ncc2F)C1. The number of nitrogens with one attached hydrogen (secondary N) is 3. The summed E-state index contributed by atoms with van der Waals surface area (Å²) in [5.41, 5.74) is 0.984. The first-order valence-corrected chi connectivity index (χ1v) is 9.26. The van der Waals surface area contributed by atoms with Crippen molar-refractivity contribution in [2.45, 2.75) is 37.8 Å². The molecule has 28 heavy (non-hydrogen) atoms. The Hall–Kier alpha value is -3.05. The summed E-state index contributed by atoms with van der Waals surface area (Å²) in [6.07, 6.45) is 6.69. The van der Waals surface area contributed by atoms with Crippen molar-refractivity contribution in [3.63, 3.8) is 0 Å². The van der Waals surface area contributed by atoms with Gasteiger partial charge in [0.05, 0.1) is 23.3 Å². The van der Waals surface area contributed by atoms with Gasteiger partial charge in [0.2, 0.25) is 0 Å². The summed E-state index contributed by atoms with van der Waals surface area (Å²) in [7, 11) is 1.93. The maximum Gasteiger partial charge on any atom is 0.183 e. The number of aromatic nitrogens is 3. The van der Waals surface area contributed by atoms with E-state index in [1.54, 1.807) is 12.3 Å². The minimum absolute atomic E-state index is 0.119. The van der Waals surface area contributed by atoms with Gasteiger partial charge in [-0.05, 0) is 44.9 Å². The molecule has 0 aliphatic heterocycles. The predicted octanol–water partition coefficient (Wildman–Crippen LogP) is 3.72. The lowest BCUT2D eigenvalue weighted by atomic mass is 9.91. The average molecular weight is 382 g/mol. The van der Waals surface area contributed by atoms with E-state index in [-0.39, 0.29) is 28.8 Å². The highest BCUT2D eigenvalue weighted by molar-refractivity contribution is 5.95. The molecular weight excluding hydrogens is 362 g/mol. The first kappa shape index (κ1) is 18.3. The second kappa shape index (κ2) is 7.52. The van der Waals surface area contributed by atoms with Gasteiger partial charge in [0.15, 0.2) is 17.5 Å². The van der Waals surface area contributed by atoms with Crippen molar-refractivity contribution in [3.8, 4) is 17.5 Å². The largest absolute Gasteiger partial charge is 0.365 e. The minimum atomic E-state index is -0.529. The Morgan fingerprint density at radius 3 is 2.82 bits per heavy atom. The molecule has 2 atom stereocenters. The Kier molecular flexibility index (Phi) is 4.92. The zero-order chi connectivity index (χ0) is 19.7. The zero-order valence-corrected chi connectivity index (χ0v) is 15.4. The van der Waals surface area contributed by atoms with Gasteiger partial charge in [-0.15, -0.1) is 0 Å². The van der Waals surface area contributed by atoms with Crippen LogP contribution in [0.15, 0.2) is 24.5 Å². The van der Waals surface area contributed by atoms with Crippen LogP contribution < -0.4 is 10.6 Å². The predicted molar refractivity (Wildman–Crippen MR) is 103 cm³/mol. The number of fused-ring (bicyclic) bond motifs is 1. The number of benzene rings is 1. The number of nitriles is 1. The van der Waals surface area contributed by atoms with Gasteiger partial charge < -0.3 is 15.6 Å². The average Bonchev–Trinajstić information content (AvgIpc) is 3.14. The molecule has 0 spiro atoms. The highest BCUT2D eigenvalue weighted by atomic mass is 19.1. The Labute approximate surface area is 161 Å². The summed E-state index contributed by atoms with van der Waals surface area (Å²) in [5, 5.41) is 16.1. The van der Waals surface area contributed by atoms with Gasteiger partial charge in [0, 0.05) is 29.2 Å². The van der Waals surface area contributed by atoms with Crippen molar-refractivity contribution in [2.75, 3.05) is 12.4 Å². The highest BCUT2D eigenvalue weighted by Crippen LogP contribution is 2.30. The molecule has 144 valence electrons. The smallest absolute Gasteiger partial charge is 0.183 e. The molecule has 3 N–H and O–H groups in total. The molecule has 3 aromatic rings. The number of nitrogens with zero attached hydrogens (tertiary/aromatic N) is 3. The van der Waals surface area contributed by atoms with Crippen molar-refractivity contribution >= 4 is 16.7 Å². The molecule has 0 amide bonds. The van der Waals surface area contributed by atoms with E-state index in [0.717, 1.165) is 31.9 Å². The van der Waals surface area contributed by atoms with Crippen molar-refractivity contribution in [1.29, 1.82) is 5.26 Å². The molecule has 8 heteroatoms. The molecular formula is C20H20F2N6. The van der Waals surface area contributed by atoms with Crippen LogP contribution in [0, 0.1) is 23.0 Å². The molecule has 4 rings (SSSR count). The number of anilines is 1. The Bertz CT molecular complexity index is 1050. The third-order valence-corrected chi connectivity index (χ3v) is 5.28. The maximum absolute atomic E-state index is 14.3. The van der Waals surface area contributed by atoms with E-state index in [9.17, 15) is 8.78 Å². The zero-order valence-electron chi connectivity index (χ0n) is 15.4. The summed E-state index contributed by atoms with van der Waals surface area (Å²) >= 11 is 0. The monoisotopic (exact) mass is 382 g/mol. The van der Waals surface area contributed by atoms with Gasteiger partial charge in [-0.3, -0.25) is 0 Å². The van der Waals surface area contributed by atoms with Gasteiger partial charge in [-0.25, -0.2) is 18.7 Å². The highest BCUT2D eigenvalue weighted by Gasteiger charge is 2.23. The molecule has 6 nitrogen and oxygen atoms in total. The van der Waals surface area contributed by atoms with E-state index in [4.69, 9.17) is 5.26 Å². The van der Waals surface area contributed by atoms with Crippen LogP contribution in [0.1, 0.15) is 31.2 Å². The number of aromatic amines is 1. The number of rotatable bonds is 4. The molecule has 0 bridgehead atoms. The van der Waals surface area contributed by atoms with E-state index in [2.05, 4.69) is 25.6 Å². The van der Waals surface area contributed by atoms with Crippen LogP contribution in [0.4, 0.5) is 14.6 Å². The summed E-state index contributed by atoms with van der Waals surface area (Å²) in [6, 6.07) is 5.20. The standard InChI is InChI=1S/C20H20F2N6/c1-24-12-3-2-4-13(7-12)27-20-17(22)10-26-19(28-20)15-9-25-18-14(15)5-11(8-23)6-16(18)21/h5-6,9-10,12-13,24-25H,2-4,7H2,1H3,(H,26,27,28). The fraction of sp³-hybridized carbons (Fsp3) is 0.350. The van der Waals surface area contributed by atoms with E-state index >= 15 is 0 Å². The summed E-state index contributed by atoms with van der Waals surface area (Å²) in [5.74, 6) is -0.649. The lowest BCUT2D eigenvalue weighted by molar-refractivity contribution is 0.368. The van der Waals surface area contributed by atoms with Crippen LogP contribution in [0.25, 0.3) is 22.3 Å². The Balaban J connectivity index is 1.68. The second-order valence-corrected chi connectivity index (χ2v) is 7.08. The van der Waals surface area contributed by atoms with Gasteiger partial charge >= 0.3 is 0 Å². The number of H-pyrrole nitrogens is 1. The van der Waals surface area contributed by atoms with E-state index < -0.39 is 11.6 Å². The summed E-state index contributed by atoms with van der Waals surface area (Å²) in [4.78, 5) is 11.3. The van der Waals surface area contributed by atoms with Crippen LogP contribution in [-0.4, -0.2) is 34.1 Å². The Morgan fingerprint density at radius 1 is 1.21 bits per heavy atom. The fourth-order valence-electron chi connectivity index (χ4n) is 3.81. The second-order valence-electron chi connectivity index (χ2n) is 7.08. The van der Waals surface area contributed by atoms with E-state index in [1.807, 2.05) is 13.1 Å². The molecule has 1 saturated carbocycles. The summed E-state index contributed by atoms with van der Waals surface area (Å²) < 4.78 is 28.5. The maximum atomic E-state index is 14.3. The van der Waals surface area contributed by atoms with Crippen LogP contribution in [0.3, 0.4) is 0 Å². The van der Waals surface area contributed by atoms with Crippen molar-refractivity contribution < 1.29 is 8.78 Å². The molecule has 2 heterocycles. The molecule has 0 radical (unpaired) electrons. The summed E-state index contributed by atoms with van der Waals surface area (Å²) in [6.45, 7) is 0. The van der Waals surface area contributed by atoms with E-state index in [0.29, 0.717) is 17.0 Å². The number of hydrogen-bond acceptors (Lipinski definition) is 5. The van der Waals surface area contributed by atoms with Gasteiger partial charge in [0.1, 0.15) is 5.82 Å². The van der Waals surface area contributed by atoms with Gasteiger partial charge in [-0.2, -0.15) is 5.26 Å². The van der Waals surface area contributed by atoms with Gasteiger partial charge in [0.25, 0.3) is 0 Å². The minimum Gasteiger partial charge on any atom is -0.365 e. The molecule has 2 unspecified atom stereocenters.